The summed E-state index contributed by atoms with van der Waals surface area (Å²) < 4.78 is 26.5. The van der Waals surface area contributed by atoms with Crippen LogP contribution >= 0.6 is 0 Å². The van der Waals surface area contributed by atoms with Crippen molar-refractivity contribution in [2.45, 2.75) is 6.92 Å². The van der Waals surface area contributed by atoms with Crippen LogP contribution in [0, 0.1) is 5.95 Å². The number of hydrogen-bond acceptors (Lipinski definition) is 4. The molecule has 7 heteroatoms. The third-order valence-corrected chi connectivity index (χ3v) is 2.46. The zero-order chi connectivity index (χ0) is 14.0. The number of H-pyrrole nitrogens is 1. The first-order valence-corrected chi connectivity index (χ1v) is 5.34. The van der Waals surface area contributed by atoms with Gasteiger partial charge in [-0.05, 0) is 13.0 Å². The Bertz CT molecular complexity index is 699. The van der Waals surface area contributed by atoms with Gasteiger partial charge in [0.15, 0.2) is 5.83 Å². The van der Waals surface area contributed by atoms with E-state index in [1.807, 2.05) is 0 Å². The van der Waals surface area contributed by atoms with Crippen LogP contribution in [0.2, 0.25) is 0 Å². The van der Waals surface area contributed by atoms with Gasteiger partial charge in [-0.1, -0.05) is 6.58 Å². The Morgan fingerprint density at radius 2 is 2.32 bits per heavy atom. The van der Waals surface area contributed by atoms with Gasteiger partial charge in [-0.25, -0.2) is 9.37 Å². The van der Waals surface area contributed by atoms with Crippen molar-refractivity contribution in [2.75, 3.05) is 0 Å². The van der Waals surface area contributed by atoms with Crippen molar-refractivity contribution in [1.29, 1.82) is 0 Å². The van der Waals surface area contributed by atoms with Gasteiger partial charge in [-0.3, -0.25) is 10.1 Å². The molecule has 2 heterocycles. The van der Waals surface area contributed by atoms with E-state index in [1.165, 1.54) is 6.20 Å². The van der Waals surface area contributed by atoms with Gasteiger partial charge in [-0.15, -0.1) is 0 Å². The average Bonchev–Trinajstić information content (AvgIpc) is 2.80. The van der Waals surface area contributed by atoms with Crippen molar-refractivity contribution in [3.63, 3.8) is 0 Å². The molecule has 0 amide bonds. The third-order valence-electron chi connectivity index (χ3n) is 2.46. The molecule has 0 radical (unpaired) electrons. The number of pyridine rings is 1. The largest absolute Gasteiger partial charge is 0.397 e. The second-order valence-corrected chi connectivity index (χ2v) is 3.81. The maximum Gasteiger partial charge on any atom is 0.238 e. The van der Waals surface area contributed by atoms with Crippen molar-refractivity contribution in [3.8, 4) is 0 Å². The number of nitrogens with one attached hydrogen (secondary N) is 1. The number of nitrogens with zero attached hydrogens (tertiary/aromatic N) is 3. The van der Waals surface area contributed by atoms with Gasteiger partial charge in [-0.2, -0.15) is 9.49 Å². The fourth-order valence-corrected chi connectivity index (χ4v) is 1.49. The van der Waals surface area contributed by atoms with E-state index in [0.717, 1.165) is 6.20 Å². The van der Waals surface area contributed by atoms with E-state index in [0.29, 0.717) is 16.8 Å². The molecule has 5 nitrogen and oxygen atoms in total. The van der Waals surface area contributed by atoms with E-state index in [9.17, 15) is 8.78 Å². The van der Waals surface area contributed by atoms with Gasteiger partial charge in [0.1, 0.15) is 11.2 Å². The number of rotatable bonds is 3. The van der Waals surface area contributed by atoms with E-state index in [-0.39, 0.29) is 11.2 Å². The van der Waals surface area contributed by atoms with Crippen molar-refractivity contribution in [2.24, 2.45) is 10.7 Å². The number of aromatic amines is 1. The molecular weight excluding hydrogens is 252 g/mol. The molecule has 0 aromatic carbocycles. The highest BCUT2D eigenvalue weighted by molar-refractivity contribution is 6.07. The van der Waals surface area contributed by atoms with E-state index < -0.39 is 11.8 Å². The van der Waals surface area contributed by atoms with Gasteiger partial charge in [0, 0.05) is 11.6 Å². The molecule has 0 fully saturated rings. The van der Waals surface area contributed by atoms with Crippen LogP contribution < -0.4 is 5.73 Å². The molecule has 0 aliphatic carbocycles. The van der Waals surface area contributed by atoms with Crippen molar-refractivity contribution in [3.05, 3.63) is 48.2 Å². The first-order chi connectivity index (χ1) is 9.00. The molecule has 0 unspecified atom stereocenters. The van der Waals surface area contributed by atoms with Gasteiger partial charge in [0.05, 0.1) is 17.6 Å². The number of aromatic nitrogens is 3. The van der Waals surface area contributed by atoms with Crippen molar-refractivity contribution >= 4 is 16.6 Å². The van der Waals surface area contributed by atoms with Gasteiger partial charge < -0.3 is 5.73 Å². The van der Waals surface area contributed by atoms with E-state index in [1.54, 1.807) is 13.0 Å². The standard InChI is InChI=1S/C12H11F2N5/c1-6(15)9(13)5-17-7(2)10-8-3-4-16-12(14)11(8)19-18-10/h3-5H,1,15H2,2H3,(H,18,19)/b9-5+,17-7+. The van der Waals surface area contributed by atoms with E-state index in [2.05, 4.69) is 26.8 Å². The summed E-state index contributed by atoms with van der Waals surface area (Å²) in [5, 5.41) is 6.98. The Labute approximate surface area is 107 Å². The molecule has 19 heavy (non-hydrogen) atoms. The number of allylic oxidation sites excluding steroid dienone is 1. The molecule has 0 atom stereocenters. The van der Waals surface area contributed by atoms with Crippen LogP contribution in [-0.2, 0) is 0 Å². The molecule has 2 aromatic rings. The Morgan fingerprint density at radius 1 is 1.58 bits per heavy atom. The van der Waals surface area contributed by atoms with Crippen LogP contribution in [0.1, 0.15) is 12.6 Å². The molecule has 98 valence electrons. The summed E-state index contributed by atoms with van der Waals surface area (Å²) in [5.41, 5.74) is 5.97. The van der Waals surface area contributed by atoms with Crippen LogP contribution in [0.4, 0.5) is 8.78 Å². The lowest BCUT2D eigenvalue weighted by atomic mass is 10.2. The molecule has 0 saturated heterocycles. The highest BCUT2D eigenvalue weighted by Gasteiger charge is 2.11. The predicted octanol–water partition coefficient (Wildman–Crippen LogP) is 2.19. The smallest absolute Gasteiger partial charge is 0.238 e. The normalized spacial score (nSPS) is 13.0. The van der Waals surface area contributed by atoms with Crippen LogP contribution in [0.5, 0.6) is 0 Å². The monoisotopic (exact) mass is 263 g/mol. The van der Waals surface area contributed by atoms with Crippen LogP contribution in [0.3, 0.4) is 0 Å². The maximum atomic E-state index is 13.4. The number of halogens is 2. The molecule has 0 aliphatic rings. The average molecular weight is 263 g/mol. The molecule has 3 N–H and O–H groups in total. The lowest BCUT2D eigenvalue weighted by Crippen LogP contribution is -1.97. The topological polar surface area (TPSA) is 80.0 Å². The lowest BCUT2D eigenvalue weighted by Gasteiger charge is -1.96. The predicted molar refractivity (Wildman–Crippen MR) is 68.6 cm³/mol. The molecular formula is C12H11F2N5. The highest BCUT2D eigenvalue weighted by atomic mass is 19.1. The molecule has 2 rings (SSSR count). The summed E-state index contributed by atoms with van der Waals surface area (Å²) in [7, 11) is 0. The summed E-state index contributed by atoms with van der Waals surface area (Å²) in [4.78, 5) is 7.38. The zero-order valence-corrected chi connectivity index (χ0v) is 10.1. The number of fused-ring (bicyclic) bond motifs is 1. The van der Waals surface area contributed by atoms with Gasteiger partial charge >= 0.3 is 0 Å². The summed E-state index contributed by atoms with van der Waals surface area (Å²) >= 11 is 0. The fraction of sp³-hybridized carbons (Fsp3) is 0.0833. The van der Waals surface area contributed by atoms with Gasteiger partial charge in [0.25, 0.3) is 0 Å². The molecule has 0 saturated carbocycles. The summed E-state index contributed by atoms with van der Waals surface area (Å²) in [6.07, 6.45) is 2.26. The number of hydrogen-bond donors (Lipinski definition) is 2. The van der Waals surface area contributed by atoms with Crippen LogP contribution in [0.15, 0.2) is 41.6 Å². The minimum absolute atomic E-state index is 0.180. The molecule has 0 spiro atoms. The maximum absolute atomic E-state index is 13.4. The first-order valence-electron chi connectivity index (χ1n) is 5.34. The molecule has 0 aliphatic heterocycles. The first kappa shape index (κ1) is 12.9. The Kier molecular flexibility index (Phi) is 3.37. The van der Waals surface area contributed by atoms with Crippen LogP contribution in [0.25, 0.3) is 10.9 Å². The lowest BCUT2D eigenvalue weighted by molar-refractivity contribution is 0.593. The molecule has 0 bridgehead atoms. The Morgan fingerprint density at radius 3 is 3.00 bits per heavy atom. The Hall–Kier alpha value is -2.57. The van der Waals surface area contributed by atoms with E-state index in [4.69, 9.17) is 5.73 Å². The zero-order valence-electron chi connectivity index (χ0n) is 10.1. The second-order valence-electron chi connectivity index (χ2n) is 3.81. The third kappa shape index (κ3) is 2.49. The van der Waals surface area contributed by atoms with Gasteiger partial charge in [0.2, 0.25) is 5.95 Å². The van der Waals surface area contributed by atoms with Crippen molar-refractivity contribution in [1.82, 2.24) is 15.2 Å². The highest BCUT2D eigenvalue weighted by Crippen LogP contribution is 2.17. The van der Waals surface area contributed by atoms with Crippen molar-refractivity contribution < 1.29 is 8.78 Å². The Balaban J connectivity index is 2.45. The quantitative estimate of drug-likeness (QED) is 0.506. The minimum atomic E-state index is -0.730. The van der Waals surface area contributed by atoms with E-state index >= 15 is 0 Å². The summed E-state index contributed by atoms with van der Waals surface area (Å²) in [5.74, 6) is -1.38. The SMILES string of the molecule is C=C(N)/C(F)=C\N=C(/C)c1n[nH]c2c(F)nccc12. The summed E-state index contributed by atoms with van der Waals surface area (Å²) in [6, 6.07) is 1.60. The summed E-state index contributed by atoms with van der Waals surface area (Å²) in [6.45, 7) is 4.86. The molecule has 2 aromatic heterocycles. The number of aliphatic imine (C=N–C) groups is 1. The van der Waals surface area contributed by atoms with Crippen LogP contribution in [-0.4, -0.2) is 20.9 Å². The number of nitrogens with two attached hydrogens (primary N) is 1. The minimum Gasteiger partial charge on any atom is -0.397 e. The fourth-order valence-electron chi connectivity index (χ4n) is 1.49. The second kappa shape index (κ2) is 4.97.